The van der Waals surface area contributed by atoms with Crippen molar-refractivity contribution in [1.29, 1.82) is 0 Å². The molecule has 0 spiro atoms. The van der Waals surface area contributed by atoms with Crippen LogP contribution in [0.25, 0.3) is 11.2 Å². The van der Waals surface area contributed by atoms with E-state index in [2.05, 4.69) is 15.3 Å². The third kappa shape index (κ3) is 3.81. The van der Waals surface area contributed by atoms with E-state index in [1.807, 2.05) is 6.92 Å². The average molecular weight is 333 g/mol. The van der Waals surface area contributed by atoms with Gasteiger partial charge in [-0.15, -0.1) is 0 Å². The molecule has 0 radical (unpaired) electrons. The summed E-state index contributed by atoms with van der Waals surface area (Å²) in [6.45, 7) is 2.39. The van der Waals surface area contributed by atoms with Crippen molar-refractivity contribution >= 4 is 34.8 Å². The second-order valence-electron chi connectivity index (χ2n) is 4.33. The SMILES string of the molecule is CCn1c(N)nc2cc(C(=O)NCCSC(F)(F)F)cnc21. The Hall–Kier alpha value is -1.97. The molecule has 22 heavy (non-hydrogen) atoms. The molecule has 2 aromatic heterocycles. The molecule has 1 amide bonds. The number of nitrogens with two attached hydrogens (primary N) is 1. The van der Waals surface area contributed by atoms with E-state index in [1.165, 1.54) is 12.3 Å². The normalized spacial score (nSPS) is 11.8. The van der Waals surface area contributed by atoms with Gasteiger partial charge in [-0.05, 0) is 24.8 Å². The smallest absolute Gasteiger partial charge is 0.369 e. The quantitative estimate of drug-likeness (QED) is 0.818. The lowest BCUT2D eigenvalue weighted by Gasteiger charge is -2.07. The van der Waals surface area contributed by atoms with Gasteiger partial charge in [-0.3, -0.25) is 9.36 Å². The molecular formula is C12H14F3N5OS. The summed E-state index contributed by atoms with van der Waals surface area (Å²) in [5.41, 5.74) is 2.69. The third-order valence-electron chi connectivity index (χ3n) is 2.85. The number of nitrogens with one attached hydrogen (secondary N) is 1. The maximum Gasteiger partial charge on any atom is 0.441 e. The molecule has 0 atom stereocenters. The Morgan fingerprint density at radius 2 is 2.23 bits per heavy atom. The zero-order valence-electron chi connectivity index (χ0n) is 11.6. The zero-order chi connectivity index (χ0) is 16.3. The highest BCUT2D eigenvalue weighted by Gasteiger charge is 2.27. The van der Waals surface area contributed by atoms with E-state index in [4.69, 9.17) is 5.73 Å². The van der Waals surface area contributed by atoms with Crippen LogP contribution in [0.4, 0.5) is 19.1 Å². The van der Waals surface area contributed by atoms with Crippen LogP contribution in [0.15, 0.2) is 12.3 Å². The Balaban J connectivity index is 2.03. The number of carbonyl (C=O) groups is 1. The molecular weight excluding hydrogens is 319 g/mol. The first-order valence-electron chi connectivity index (χ1n) is 6.42. The zero-order valence-corrected chi connectivity index (χ0v) is 12.5. The molecule has 3 N–H and O–H groups in total. The van der Waals surface area contributed by atoms with E-state index in [-0.39, 0.29) is 29.6 Å². The molecule has 2 rings (SSSR count). The number of nitrogens with zero attached hydrogens (tertiary/aromatic N) is 3. The number of nitrogen functional groups attached to an aromatic ring is 1. The van der Waals surface area contributed by atoms with Gasteiger partial charge in [-0.25, -0.2) is 9.97 Å². The van der Waals surface area contributed by atoms with Crippen LogP contribution in [0.5, 0.6) is 0 Å². The molecule has 0 unspecified atom stereocenters. The van der Waals surface area contributed by atoms with E-state index in [1.54, 1.807) is 4.57 Å². The van der Waals surface area contributed by atoms with Gasteiger partial charge in [0.25, 0.3) is 5.91 Å². The third-order valence-corrected chi connectivity index (χ3v) is 3.58. The Morgan fingerprint density at radius 1 is 1.50 bits per heavy atom. The van der Waals surface area contributed by atoms with Gasteiger partial charge in [0.1, 0.15) is 5.52 Å². The number of fused-ring (bicyclic) bond motifs is 1. The van der Waals surface area contributed by atoms with Gasteiger partial charge >= 0.3 is 5.51 Å². The summed E-state index contributed by atoms with van der Waals surface area (Å²) >= 11 is -0.181. The number of rotatable bonds is 5. The Kier molecular flexibility index (Phi) is 4.79. The predicted octanol–water partition coefficient (Wildman–Crippen LogP) is 2.02. The number of imidazole rings is 1. The largest absolute Gasteiger partial charge is 0.441 e. The minimum atomic E-state index is -4.30. The Labute approximate surface area is 128 Å². The Bertz CT molecular complexity index is 685. The van der Waals surface area contributed by atoms with Gasteiger partial charge in [0.15, 0.2) is 5.65 Å². The molecule has 0 aliphatic rings. The molecule has 0 fully saturated rings. The first-order valence-corrected chi connectivity index (χ1v) is 7.41. The number of carbonyl (C=O) groups excluding carboxylic acids is 1. The van der Waals surface area contributed by atoms with Crippen molar-refractivity contribution in [2.75, 3.05) is 18.0 Å². The number of pyridine rings is 1. The number of halogens is 3. The van der Waals surface area contributed by atoms with Gasteiger partial charge in [0, 0.05) is 25.0 Å². The molecule has 2 heterocycles. The lowest BCUT2D eigenvalue weighted by atomic mass is 10.2. The molecule has 0 saturated heterocycles. The van der Waals surface area contributed by atoms with Crippen LogP contribution in [0.3, 0.4) is 0 Å². The van der Waals surface area contributed by atoms with Gasteiger partial charge in [-0.1, -0.05) is 0 Å². The molecule has 10 heteroatoms. The first-order chi connectivity index (χ1) is 10.3. The van der Waals surface area contributed by atoms with Crippen molar-refractivity contribution in [3.63, 3.8) is 0 Å². The molecule has 0 saturated carbocycles. The molecule has 0 aliphatic carbocycles. The summed E-state index contributed by atoms with van der Waals surface area (Å²) in [6.07, 6.45) is 1.35. The lowest BCUT2D eigenvalue weighted by molar-refractivity contribution is -0.0327. The topological polar surface area (TPSA) is 85.8 Å². The van der Waals surface area contributed by atoms with Crippen molar-refractivity contribution in [3.8, 4) is 0 Å². The highest BCUT2D eigenvalue weighted by atomic mass is 32.2. The van der Waals surface area contributed by atoms with Gasteiger partial charge in [-0.2, -0.15) is 13.2 Å². The van der Waals surface area contributed by atoms with E-state index in [0.717, 1.165) is 0 Å². The van der Waals surface area contributed by atoms with Crippen LogP contribution in [-0.2, 0) is 6.54 Å². The van der Waals surface area contributed by atoms with Gasteiger partial charge < -0.3 is 11.1 Å². The van der Waals surface area contributed by atoms with Crippen LogP contribution in [0, 0.1) is 0 Å². The van der Waals surface area contributed by atoms with E-state index < -0.39 is 11.4 Å². The molecule has 2 aromatic rings. The summed E-state index contributed by atoms with van der Waals surface area (Å²) in [5.74, 6) is -0.451. The molecule has 0 aliphatic heterocycles. The average Bonchev–Trinajstić information content (AvgIpc) is 2.76. The van der Waals surface area contributed by atoms with Crippen molar-refractivity contribution in [3.05, 3.63) is 17.8 Å². The number of alkyl halides is 3. The summed E-state index contributed by atoms with van der Waals surface area (Å²) in [6, 6.07) is 1.51. The fourth-order valence-corrected chi connectivity index (χ4v) is 2.33. The predicted molar refractivity (Wildman–Crippen MR) is 78.5 cm³/mol. The molecule has 0 aromatic carbocycles. The molecule has 6 nitrogen and oxygen atoms in total. The molecule has 120 valence electrons. The number of hydrogen-bond donors (Lipinski definition) is 2. The van der Waals surface area contributed by atoms with Crippen molar-refractivity contribution < 1.29 is 18.0 Å². The fraction of sp³-hybridized carbons (Fsp3) is 0.417. The molecule has 0 bridgehead atoms. The van der Waals surface area contributed by atoms with E-state index in [9.17, 15) is 18.0 Å². The minimum absolute atomic E-state index is 0.0907. The summed E-state index contributed by atoms with van der Waals surface area (Å²) < 4.78 is 37.6. The van der Waals surface area contributed by atoms with Crippen molar-refractivity contribution in [1.82, 2.24) is 19.9 Å². The highest BCUT2D eigenvalue weighted by Crippen LogP contribution is 2.29. The summed E-state index contributed by atoms with van der Waals surface area (Å²) in [4.78, 5) is 20.1. The van der Waals surface area contributed by atoms with Gasteiger partial charge in [0.2, 0.25) is 5.95 Å². The highest BCUT2D eigenvalue weighted by molar-refractivity contribution is 8.00. The number of amides is 1. The minimum Gasteiger partial charge on any atom is -0.369 e. The van der Waals surface area contributed by atoms with Crippen LogP contribution < -0.4 is 11.1 Å². The van der Waals surface area contributed by atoms with Crippen LogP contribution >= 0.6 is 11.8 Å². The van der Waals surface area contributed by atoms with E-state index >= 15 is 0 Å². The number of hydrogen-bond acceptors (Lipinski definition) is 5. The first kappa shape index (κ1) is 16.4. The second kappa shape index (κ2) is 6.42. The monoisotopic (exact) mass is 333 g/mol. The number of anilines is 1. The maximum atomic E-state index is 12.0. The second-order valence-corrected chi connectivity index (χ2v) is 5.49. The Morgan fingerprint density at radius 3 is 2.86 bits per heavy atom. The summed E-state index contributed by atoms with van der Waals surface area (Å²) in [5, 5.41) is 2.41. The standard InChI is InChI=1S/C12H14F3N5OS/c1-2-20-9-8(19-11(20)16)5-7(6-18-9)10(21)17-3-4-22-12(13,14)15/h5-6H,2-4H2,1H3,(H2,16,19)(H,17,21). The number of thioether (sulfide) groups is 1. The summed E-state index contributed by atoms with van der Waals surface area (Å²) in [7, 11) is 0. The van der Waals surface area contributed by atoms with Crippen LogP contribution in [0.2, 0.25) is 0 Å². The lowest BCUT2D eigenvalue weighted by Crippen LogP contribution is -2.26. The maximum absolute atomic E-state index is 12.0. The van der Waals surface area contributed by atoms with Crippen molar-refractivity contribution in [2.45, 2.75) is 19.0 Å². The van der Waals surface area contributed by atoms with Crippen LogP contribution in [0.1, 0.15) is 17.3 Å². The number of aryl methyl sites for hydroxylation is 1. The van der Waals surface area contributed by atoms with Crippen LogP contribution in [-0.4, -0.2) is 38.2 Å². The van der Waals surface area contributed by atoms with Gasteiger partial charge in [0.05, 0.1) is 5.56 Å². The number of aromatic nitrogens is 3. The van der Waals surface area contributed by atoms with Crippen molar-refractivity contribution in [2.24, 2.45) is 0 Å². The fourth-order valence-electron chi connectivity index (χ4n) is 1.90. The van der Waals surface area contributed by atoms with E-state index in [0.29, 0.717) is 23.7 Å².